The SMILES string of the molecule is CC(C)(N)CC1OC1c1cccc(C#N)n1. The maximum Gasteiger partial charge on any atom is 0.140 e. The van der Waals surface area contributed by atoms with Crippen molar-refractivity contribution in [3.63, 3.8) is 0 Å². The summed E-state index contributed by atoms with van der Waals surface area (Å²) in [7, 11) is 0. The Balaban J connectivity index is 2.04. The first kappa shape index (κ1) is 11.1. The van der Waals surface area contributed by atoms with E-state index in [1.807, 2.05) is 32.0 Å². The van der Waals surface area contributed by atoms with Crippen LogP contribution in [0.5, 0.6) is 0 Å². The highest BCUT2D eigenvalue weighted by Crippen LogP contribution is 2.41. The smallest absolute Gasteiger partial charge is 0.140 e. The normalized spacial score (nSPS) is 23.9. The summed E-state index contributed by atoms with van der Waals surface area (Å²) in [6.45, 7) is 3.95. The van der Waals surface area contributed by atoms with Crippen LogP contribution in [0.1, 0.15) is 37.8 Å². The number of nitriles is 1. The number of epoxide rings is 1. The fourth-order valence-corrected chi connectivity index (χ4v) is 1.75. The van der Waals surface area contributed by atoms with Crippen LogP contribution in [0.15, 0.2) is 18.2 Å². The summed E-state index contributed by atoms with van der Waals surface area (Å²) in [5, 5.41) is 8.74. The molecule has 0 aromatic carbocycles. The third-order valence-electron chi connectivity index (χ3n) is 2.49. The van der Waals surface area contributed by atoms with Gasteiger partial charge in [0.1, 0.15) is 17.9 Å². The van der Waals surface area contributed by atoms with E-state index in [-0.39, 0.29) is 17.7 Å². The predicted octanol–water partition coefficient (Wildman–Crippen LogP) is 1.52. The first-order valence-electron chi connectivity index (χ1n) is 5.31. The van der Waals surface area contributed by atoms with Gasteiger partial charge in [0.2, 0.25) is 0 Å². The van der Waals surface area contributed by atoms with Crippen molar-refractivity contribution in [3.8, 4) is 6.07 Å². The van der Waals surface area contributed by atoms with Crippen LogP contribution in [0.2, 0.25) is 0 Å². The summed E-state index contributed by atoms with van der Waals surface area (Å²) in [6, 6.07) is 7.42. The standard InChI is InChI=1S/C12H15N3O/c1-12(2,14)6-10-11(16-10)9-5-3-4-8(7-13)15-9/h3-5,10-11H,6,14H2,1-2H3. The Kier molecular flexibility index (Phi) is 2.66. The van der Waals surface area contributed by atoms with Gasteiger partial charge in [-0.3, -0.25) is 0 Å². The number of hydrogen-bond donors (Lipinski definition) is 1. The third kappa shape index (κ3) is 2.57. The number of pyridine rings is 1. The average molecular weight is 217 g/mol. The van der Waals surface area contributed by atoms with E-state index in [4.69, 9.17) is 15.7 Å². The lowest BCUT2D eigenvalue weighted by molar-refractivity contribution is 0.330. The Morgan fingerprint density at radius 1 is 1.56 bits per heavy atom. The van der Waals surface area contributed by atoms with E-state index >= 15 is 0 Å². The number of hydrogen-bond acceptors (Lipinski definition) is 4. The van der Waals surface area contributed by atoms with Gasteiger partial charge in [0.25, 0.3) is 0 Å². The van der Waals surface area contributed by atoms with Crippen LogP contribution in [0.4, 0.5) is 0 Å². The molecule has 2 unspecified atom stereocenters. The van der Waals surface area contributed by atoms with Gasteiger partial charge in [-0.1, -0.05) is 6.07 Å². The summed E-state index contributed by atoms with van der Waals surface area (Å²) in [4.78, 5) is 4.21. The molecule has 0 radical (unpaired) electrons. The monoisotopic (exact) mass is 217 g/mol. The van der Waals surface area contributed by atoms with Crippen LogP contribution in [-0.2, 0) is 4.74 Å². The molecular weight excluding hydrogens is 202 g/mol. The second kappa shape index (κ2) is 3.85. The van der Waals surface area contributed by atoms with E-state index in [0.717, 1.165) is 12.1 Å². The molecule has 0 amide bonds. The fourth-order valence-electron chi connectivity index (χ4n) is 1.75. The zero-order valence-corrected chi connectivity index (χ0v) is 9.47. The van der Waals surface area contributed by atoms with Crippen molar-refractivity contribution in [1.29, 1.82) is 5.26 Å². The quantitative estimate of drug-likeness (QED) is 0.779. The van der Waals surface area contributed by atoms with Gasteiger partial charge >= 0.3 is 0 Å². The van der Waals surface area contributed by atoms with E-state index in [0.29, 0.717) is 5.69 Å². The van der Waals surface area contributed by atoms with Gasteiger partial charge < -0.3 is 10.5 Å². The van der Waals surface area contributed by atoms with Crippen LogP contribution in [-0.4, -0.2) is 16.6 Å². The molecule has 4 heteroatoms. The van der Waals surface area contributed by atoms with Gasteiger partial charge in [0.05, 0.1) is 11.8 Å². The molecule has 0 saturated carbocycles. The van der Waals surface area contributed by atoms with E-state index in [1.54, 1.807) is 6.07 Å². The van der Waals surface area contributed by atoms with Gasteiger partial charge in [0.15, 0.2) is 0 Å². The zero-order chi connectivity index (χ0) is 11.8. The molecule has 0 aliphatic carbocycles. The summed E-state index contributed by atoms with van der Waals surface area (Å²) in [5.41, 5.74) is 6.95. The Hall–Kier alpha value is -1.44. The Morgan fingerprint density at radius 2 is 2.31 bits per heavy atom. The van der Waals surface area contributed by atoms with Crippen molar-refractivity contribution in [2.45, 2.75) is 38.0 Å². The lowest BCUT2D eigenvalue weighted by Crippen LogP contribution is -2.33. The van der Waals surface area contributed by atoms with Gasteiger partial charge in [-0.2, -0.15) is 5.26 Å². The van der Waals surface area contributed by atoms with Crippen molar-refractivity contribution >= 4 is 0 Å². The Labute approximate surface area is 95.0 Å². The van der Waals surface area contributed by atoms with Crippen LogP contribution < -0.4 is 5.73 Å². The van der Waals surface area contributed by atoms with Crippen LogP contribution in [0, 0.1) is 11.3 Å². The molecule has 1 saturated heterocycles. The lowest BCUT2D eigenvalue weighted by Gasteiger charge is -2.16. The minimum absolute atomic E-state index is 0.0103. The van der Waals surface area contributed by atoms with E-state index in [1.165, 1.54) is 0 Å². The number of aromatic nitrogens is 1. The van der Waals surface area contributed by atoms with Crippen LogP contribution in [0.3, 0.4) is 0 Å². The van der Waals surface area contributed by atoms with Crippen molar-refractivity contribution in [2.75, 3.05) is 0 Å². The van der Waals surface area contributed by atoms with Crippen molar-refractivity contribution < 1.29 is 4.74 Å². The molecule has 4 nitrogen and oxygen atoms in total. The van der Waals surface area contributed by atoms with Crippen molar-refractivity contribution in [1.82, 2.24) is 4.98 Å². The molecule has 2 rings (SSSR count). The Bertz CT molecular complexity index is 431. The highest BCUT2D eigenvalue weighted by Gasteiger charge is 2.43. The largest absolute Gasteiger partial charge is 0.363 e. The van der Waals surface area contributed by atoms with E-state index in [9.17, 15) is 0 Å². The fraction of sp³-hybridized carbons (Fsp3) is 0.500. The molecule has 1 aromatic heterocycles. The van der Waals surface area contributed by atoms with E-state index in [2.05, 4.69) is 4.98 Å². The molecule has 1 aliphatic heterocycles. The maximum atomic E-state index is 8.74. The first-order valence-corrected chi connectivity index (χ1v) is 5.31. The Morgan fingerprint density at radius 3 is 2.94 bits per heavy atom. The number of nitrogens with two attached hydrogens (primary N) is 1. The number of ether oxygens (including phenoxy) is 1. The molecule has 16 heavy (non-hydrogen) atoms. The van der Waals surface area contributed by atoms with Crippen molar-refractivity contribution in [2.24, 2.45) is 5.73 Å². The summed E-state index contributed by atoms with van der Waals surface area (Å²) in [5.74, 6) is 0. The van der Waals surface area contributed by atoms with Crippen LogP contribution >= 0.6 is 0 Å². The topological polar surface area (TPSA) is 75.2 Å². The highest BCUT2D eigenvalue weighted by molar-refractivity contribution is 5.25. The summed E-state index contributed by atoms with van der Waals surface area (Å²) < 4.78 is 5.53. The van der Waals surface area contributed by atoms with Gasteiger partial charge in [-0.05, 0) is 32.4 Å². The minimum atomic E-state index is -0.230. The van der Waals surface area contributed by atoms with Crippen molar-refractivity contribution in [3.05, 3.63) is 29.6 Å². The lowest BCUT2D eigenvalue weighted by atomic mass is 9.98. The van der Waals surface area contributed by atoms with Gasteiger partial charge in [-0.25, -0.2) is 4.98 Å². The van der Waals surface area contributed by atoms with Gasteiger partial charge in [0, 0.05) is 5.54 Å². The molecule has 0 spiro atoms. The highest BCUT2D eigenvalue weighted by atomic mass is 16.6. The molecule has 0 bridgehead atoms. The number of rotatable bonds is 3. The molecule has 84 valence electrons. The summed E-state index contributed by atoms with van der Waals surface area (Å²) >= 11 is 0. The minimum Gasteiger partial charge on any atom is -0.363 e. The average Bonchev–Trinajstić information content (AvgIpc) is 2.94. The first-order chi connectivity index (χ1) is 7.49. The zero-order valence-electron chi connectivity index (χ0n) is 9.47. The summed E-state index contributed by atoms with van der Waals surface area (Å²) in [6.07, 6.45) is 0.952. The molecule has 2 atom stereocenters. The predicted molar refractivity (Wildman–Crippen MR) is 59.4 cm³/mol. The molecule has 1 aliphatic rings. The van der Waals surface area contributed by atoms with Gasteiger partial charge in [-0.15, -0.1) is 0 Å². The van der Waals surface area contributed by atoms with Crippen LogP contribution in [0.25, 0.3) is 0 Å². The second-order valence-electron chi connectivity index (χ2n) is 4.85. The molecule has 2 N–H and O–H groups in total. The molecule has 1 aromatic rings. The molecule has 1 fully saturated rings. The van der Waals surface area contributed by atoms with E-state index < -0.39 is 0 Å². The molecule has 2 heterocycles. The maximum absolute atomic E-state index is 8.74. The third-order valence-corrected chi connectivity index (χ3v) is 2.49. The second-order valence-corrected chi connectivity index (χ2v) is 4.85. The molecular formula is C12H15N3O. The number of nitrogens with zero attached hydrogens (tertiary/aromatic N) is 2.